The SMILES string of the molecule is CCCC(c1ccccc1)C(C)C(=O)O. The standard InChI is InChI=1S/C13H18O2/c1-3-7-12(10(2)13(14)15)11-8-5-4-6-9-11/h4-6,8-10,12H,3,7H2,1-2H3,(H,14,15). The molecule has 0 radical (unpaired) electrons. The first-order valence-corrected chi connectivity index (χ1v) is 5.44. The molecule has 1 aromatic carbocycles. The number of aliphatic carboxylic acids is 1. The van der Waals surface area contributed by atoms with Gasteiger partial charge in [0.25, 0.3) is 0 Å². The minimum Gasteiger partial charge on any atom is -0.481 e. The van der Waals surface area contributed by atoms with E-state index >= 15 is 0 Å². The van der Waals surface area contributed by atoms with Gasteiger partial charge in [-0.2, -0.15) is 0 Å². The summed E-state index contributed by atoms with van der Waals surface area (Å²) in [6, 6.07) is 9.91. The number of benzene rings is 1. The smallest absolute Gasteiger partial charge is 0.306 e. The summed E-state index contributed by atoms with van der Waals surface area (Å²) in [5.74, 6) is -0.890. The lowest BCUT2D eigenvalue weighted by atomic mass is 9.84. The van der Waals surface area contributed by atoms with Gasteiger partial charge in [0.05, 0.1) is 5.92 Å². The Morgan fingerprint density at radius 3 is 2.40 bits per heavy atom. The van der Waals surface area contributed by atoms with Crippen molar-refractivity contribution >= 4 is 5.97 Å². The van der Waals surface area contributed by atoms with Crippen LogP contribution in [0.5, 0.6) is 0 Å². The van der Waals surface area contributed by atoms with Crippen molar-refractivity contribution in [3.63, 3.8) is 0 Å². The molecular formula is C13H18O2. The third-order valence-electron chi connectivity index (χ3n) is 2.82. The average Bonchev–Trinajstić information content (AvgIpc) is 2.26. The maximum absolute atomic E-state index is 11.0. The molecule has 0 spiro atoms. The van der Waals surface area contributed by atoms with E-state index in [2.05, 4.69) is 6.92 Å². The van der Waals surface area contributed by atoms with Crippen molar-refractivity contribution < 1.29 is 9.90 Å². The maximum atomic E-state index is 11.0. The number of carboxylic acid groups (broad SMARTS) is 1. The first kappa shape index (κ1) is 11.8. The van der Waals surface area contributed by atoms with Crippen LogP contribution in [0.3, 0.4) is 0 Å². The van der Waals surface area contributed by atoms with Crippen LogP contribution in [0.15, 0.2) is 30.3 Å². The van der Waals surface area contributed by atoms with E-state index in [1.54, 1.807) is 6.92 Å². The molecule has 2 heteroatoms. The van der Waals surface area contributed by atoms with E-state index in [-0.39, 0.29) is 11.8 Å². The molecule has 0 aliphatic heterocycles. The van der Waals surface area contributed by atoms with Gasteiger partial charge in [0, 0.05) is 0 Å². The zero-order chi connectivity index (χ0) is 11.3. The van der Waals surface area contributed by atoms with Crippen LogP contribution in [-0.2, 0) is 4.79 Å². The lowest BCUT2D eigenvalue weighted by Gasteiger charge is -2.20. The molecular weight excluding hydrogens is 188 g/mol. The van der Waals surface area contributed by atoms with Crippen molar-refractivity contribution in [3.05, 3.63) is 35.9 Å². The second-order valence-corrected chi connectivity index (χ2v) is 3.93. The Kier molecular flexibility index (Phi) is 4.35. The van der Waals surface area contributed by atoms with Gasteiger partial charge in [0.1, 0.15) is 0 Å². The van der Waals surface area contributed by atoms with E-state index in [1.165, 1.54) is 0 Å². The number of carbonyl (C=O) groups is 1. The monoisotopic (exact) mass is 206 g/mol. The Morgan fingerprint density at radius 2 is 1.93 bits per heavy atom. The maximum Gasteiger partial charge on any atom is 0.306 e. The average molecular weight is 206 g/mol. The number of hydrogen-bond acceptors (Lipinski definition) is 1. The van der Waals surface area contributed by atoms with Crippen molar-refractivity contribution in [3.8, 4) is 0 Å². The molecule has 0 amide bonds. The molecule has 2 atom stereocenters. The molecule has 0 bridgehead atoms. The molecule has 0 aliphatic rings. The number of hydrogen-bond donors (Lipinski definition) is 1. The second kappa shape index (κ2) is 5.54. The third-order valence-corrected chi connectivity index (χ3v) is 2.82. The van der Waals surface area contributed by atoms with E-state index < -0.39 is 5.97 Å². The molecule has 15 heavy (non-hydrogen) atoms. The zero-order valence-corrected chi connectivity index (χ0v) is 9.31. The highest BCUT2D eigenvalue weighted by molar-refractivity contribution is 5.70. The fourth-order valence-electron chi connectivity index (χ4n) is 1.89. The van der Waals surface area contributed by atoms with Gasteiger partial charge >= 0.3 is 5.97 Å². The van der Waals surface area contributed by atoms with Gasteiger partial charge < -0.3 is 5.11 Å². The Labute approximate surface area is 90.9 Å². The van der Waals surface area contributed by atoms with Crippen molar-refractivity contribution in [1.82, 2.24) is 0 Å². The molecule has 1 rings (SSSR count). The highest BCUT2D eigenvalue weighted by atomic mass is 16.4. The summed E-state index contributed by atoms with van der Waals surface area (Å²) in [7, 11) is 0. The second-order valence-electron chi connectivity index (χ2n) is 3.93. The summed E-state index contributed by atoms with van der Waals surface area (Å²) < 4.78 is 0. The summed E-state index contributed by atoms with van der Waals surface area (Å²) >= 11 is 0. The van der Waals surface area contributed by atoms with Gasteiger partial charge in [-0.05, 0) is 17.9 Å². The van der Waals surface area contributed by atoms with Crippen LogP contribution in [0.25, 0.3) is 0 Å². The fraction of sp³-hybridized carbons (Fsp3) is 0.462. The Balaban J connectivity index is 2.87. The lowest BCUT2D eigenvalue weighted by molar-refractivity contribution is -0.141. The molecule has 0 aromatic heterocycles. The van der Waals surface area contributed by atoms with Crippen molar-refractivity contribution in [2.24, 2.45) is 5.92 Å². The molecule has 82 valence electrons. The van der Waals surface area contributed by atoms with Crippen LogP contribution >= 0.6 is 0 Å². The van der Waals surface area contributed by atoms with Crippen LogP contribution in [0.1, 0.15) is 38.2 Å². The molecule has 0 aliphatic carbocycles. The molecule has 2 unspecified atom stereocenters. The van der Waals surface area contributed by atoms with Crippen molar-refractivity contribution in [2.45, 2.75) is 32.6 Å². The van der Waals surface area contributed by atoms with Gasteiger partial charge in [-0.25, -0.2) is 0 Å². The van der Waals surface area contributed by atoms with E-state index in [0.29, 0.717) is 0 Å². The van der Waals surface area contributed by atoms with Gasteiger partial charge in [0.15, 0.2) is 0 Å². The minimum atomic E-state index is -0.711. The van der Waals surface area contributed by atoms with Crippen LogP contribution in [0, 0.1) is 5.92 Å². The Hall–Kier alpha value is -1.31. The first-order chi connectivity index (χ1) is 7.16. The summed E-state index contributed by atoms with van der Waals surface area (Å²) in [6.45, 7) is 3.88. The summed E-state index contributed by atoms with van der Waals surface area (Å²) in [4.78, 5) is 11.0. The van der Waals surface area contributed by atoms with E-state index in [4.69, 9.17) is 5.11 Å². The summed E-state index contributed by atoms with van der Waals surface area (Å²) in [5.41, 5.74) is 1.13. The quantitative estimate of drug-likeness (QED) is 0.802. The third kappa shape index (κ3) is 3.08. The Morgan fingerprint density at radius 1 is 1.33 bits per heavy atom. The molecule has 0 saturated carbocycles. The van der Waals surface area contributed by atoms with E-state index in [9.17, 15) is 4.79 Å². The number of rotatable bonds is 5. The van der Waals surface area contributed by atoms with Crippen LogP contribution < -0.4 is 0 Å². The fourth-order valence-corrected chi connectivity index (χ4v) is 1.89. The van der Waals surface area contributed by atoms with Gasteiger partial charge in [-0.1, -0.05) is 50.6 Å². The van der Waals surface area contributed by atoms with Crippen LogP contribution in [0.2, 0.25) is 0 Å². The number of carboxylic acids is 1. The van der Waals surface area contributed by atoms with E-state index in [1.807, 2.05) is 30.3 Å². The highest BCUT2D eigenvalue weighted by Crippen LogP contribution is 2.29. The molecule has 0 fully saturated rings. The minimum absolute atomic E-state index is 0.133. The van der Waals surface area contributed by atoms with Gasteiger partial charge in [0.2, 0.25) is 0 Å². The lowest BCUT2D eigenvalue weighted by Crippen LogP contribution is -2.18. The zero-order valence-electron chi connectivity index (χ0n) is 9.31. The normalized spacial score (nSPS) is 14.5. The highest BCUT2D eigenvalue weighted by Gasteiger charge is 2.23. The van der Waals surface area contributed by atoms with Crippen LogP contribution in [-0.4, -0.2) is 11.1 Å². The van der Waals surface area contributed by atoms with Gasteiger partial charge in [-0.3, -0.25) is 4.79 Å². The molecule has 0 saturated heterocycles. The molecule has 1 N–H and O–H groups in total. The summed E-state index contributed by atoms with van der Waals surface area (Å²) in [6.07, 6.45) is 1.94. The largest absolute Gasteiger partial charge is 0.481 e. The first-order valence-electron chi connectivity index (χ1n) is 5.44. The molecule has 1 aromatic rings. The van der Waals surface area contributed by atoms with Crippen LogP contribution in [0.4, 0.5) is 0 Å². The van der Waals surface area contributed by atoms with Crippen molar-refractivity contribution in [1.29, 1.82) is 0 Å². The molecule has 0 heterocycles. The predicted octanol–water partition coefficient (Wildman–Crippen LogP) is 3.29. The Bertz CT molecular complexity index is 306. The van der Waals surface area contributed by atoms with Gasteiger partial charge in [-0.15, -0.1) is 0 Å². The predicted molar refractivity (Wildman–Crippen MR) is 60.9 cm³/mol. The van der Waals surface area contributed by atoms with Crippen molar-refractivity contribution in [2.75, 3.05) is 0 Å². The van der Waals surface area contributed by atoms with E-state index in [0.717, 1.165) is 18.4 Å². The topological polar surface area (TPSA) is 37.3 Å². The summed E-state index contributed by atoms with van der Waals surface area (Å²) in [5, 5.41) is 9.04. The molecule has 2 nitrogen and oxygen atoms in total.